The van der Waals surface area contributed by atoms with E-state index in [0.29, 0.717) is 5.95 Å². The molecule has 3 heterocycles. The molecule has 0 atom stereocenters. The summed E-state index contributed by atoms with van der Waals surface area (Å²) in [4.78, 5) is 13.9. The molecule has 20 heavy (non-hydrogen) atoms. The Bertz CT molecular complexity index is 616. The zero-order valence-corrected chi connectivity index (χ0v) is 11.8. The van der Waals surface area contributed by atoms with Gasteiger partial charge in [0.25, 0.3) is 0 Å². The van der Waals surface area contributed by atoms with Crippen LogP contribution in [-0.4, -0.2) is 26.1 Å². The third-order valence-electron chi connectivity index (χ3n) is 2.89. The van der Waals surface area contributed by atoms with E-state index >= 15 is 0 Å². The highest BCUT2D eigenvalue weighted by molar-refractivity contribution is 7.13. The normalized spacial score (nSPS) is 10.6. The van der Waals surface area contributed by atoms with Crippen molar-refractivity contribution in [1.82, 2.24) is 19.5 Å². The van der Waals surface area contributed by atoms with Crippen molar-refractivity contribution in [1.29, 1.82) is 0 Å². The van der Waals surface area contributed by atoms with Crippen molar-refractivity contribution in [2.24, 2.45) is 0 Å². The minimum absolute atomic E-state index is 0.677. The van der Waals surface area contributed by atoms with Crippen molar-refractivity contribution in [3.8, 4) is 10.4 Å². The summed E-state index contributed by atoms with van der Waals surface area (Å²) in [6, 6.07) is 4.10. The predicted octanol–water partition coefficient (Wildman–Crippen LogP) is 2.90. The van der Waals surface area contributed by atoms with Gasteiger partial charge in [0, 0.05) is 48.3 Å². The number of imidazole rings is 1. The van der Waals surface area contributed by atoms with E-state index in [1.807, 2.05) is 31.0 Å². The first-order valence-electron chi connectivity index (χ1n) is 6.47. The molecule has 6 heteroatoms. The van der Waals surface area contributed by atoms with Gasteiger partial charge in [-0.2, -0.15) is 0 Å². The Labute approximate surface area is 121 Å². The van der Waals surface area contributed by atoms with Crippen LogP contribution < -0.4 is 5.32 Å². The Kier molecular flexibility index (Phi) is 4.03. The van der Waals surface area contributed by atoms with E-state index in [-0.39, 0.29) is 0 Å². The van der Waals surface area contributed by atoms with Crippen molar-refractivity contribution in [2.75, 3.05) is 11.9 Å². The van der Waals surface area contributed by atoms with Crippen molar-refractivity contribution in [3.63, 3.8) is 0 Å². The first-order chi connectivity index (χ1) is 9.92. The monoisotopic (exact) mass is 285 g/mol. The second kappa shape index (κ2) is 6.29. The van der Waals surface area contributed by atoms with Crippen LogP contribution in [0, 0.1) is 0 Å². The van der Waals surface area contributed by atoms with Crippen LogP contribution >= 0.6 is 11.3 Å². The number of hydrogen-bond donors (Lipinski definition) is 1. The smallest absolute Gasteiger partial charge is 0.222 e. The summed E-state index contributed by atoms with van der Waals surface area (Å²) in [6.07, 6.45) is 10.3. The topological polar surface area (TPSA) is 55.6 Å². The lowest BCUT2D eigenvalue weighted by atomic mass is 10.3. The largest absolute Gasteiger partial charge is 0.354 e. The van der Waals surface area contributed by atoms with Gasteiger partial charge in [-0.25, -0.2) is 15.0 Å². The quantitative estimate of drug-likeness (QED) is 0.708. The molecule has 102 valence electrons. The van der Waals surface area contributed by atoms with Crippen LogP contribution in [0.4, 0.5) is 5.95 Å². The highest BCUT2D eigenvalue weighted by Gasteiger charge is 2.00. The maximum Gasteiger partial charge on any atom is 0.222 e. The molecule has 0 aromatic carbocycles. The molecule has 0 saturated heterocycles. The molecule has 3 aromatic rings. The molecule has 0 aliphatic carbocycles. The molecular weight excluding hydrogens is 270 g/mol. The summed E-state index contributed by atoms with van der Waals surface area (Å²) in [7, 11) is 0. The van der Waals surface area contributed by atoms with E-state index in [9.17, 15) is 0 Å². The highest BCUT2D eigenvalue weighted by Crippen LogP contribution is 2.23. The van der Waals surface area contributed by atoms with E-state index in [2.05, 4.69) is 36.3 Å². The van der Waals surface area contributed by atoms with Crippen LogP contribution in [0.25, 0.3) is 10.4 Å². The fourth-order valence-electron chi connectivity index (χ4n) is 1.87. The number of hydrogen-bond acceptors (Lipinski definition) is 5. The van der Waals surface area contributed by atoms with Gasteiger partial charge in [0.15, 0.2) is 0 Å². The standard InChI is InChI=1S/C14H15N5S/c1-3-13(20-8-1)12-9-17-14(18-10-12)16-4-2-6-19-7-5-15-11-19/h1,3,5,7-11H,2,4,6H2,(H,16,17,18). The minimum Gasteiger partial charge on any atom is -0.354 e. The van der Waals surface area contributed by atoms with Gasteiger partial charge in [-0.3, -0.25) is 0 Å². The Morgan fingerprint density at radius 3 is 2.85 bits per heavy atom. The van der Waals surface area contributed by atoms with Crippen LogP contribution in [0.2, 0.25) is 0 Å². The molecule has 0 saturated carbocycles. The van der Waals surface area contributed by atoms with Gasteiger partial charge in [-0.15, -0.1) is 11.3 Å². The SMILES string of the molecule is c1csc(-c2cnc(NCCCn3ccnc3)nc2)c1. The highest BCUT2D eigenvalue weighted by atomic mass is 32.1. The first-order valence-corrected chi connectivity index (χ1v) is 7.35. The number of rotatable bonds is 6. The summed E-state index contributed by atoms with van der Waals surface area (Å²) in [5, 5.41) is 5.28. The molecule has 0 spiro atoms. The van der Waals surface area contributed by atoms with Gasteiger partial charge in [-0.05, 0) is 17.9 Å². The number of nitrogens with one attached hydrogen (secondary N) is 1. The molecule has 5 nitrogen and oxygen atoms in total. The third kappa shape index (κ3) is 3.21. The summed E-state index contributed by atoms with van der Waals surface area (Å²) < 4.78 is 2.06. The van der Waals surface area contributed by atoms with E-state index in [1.165, 1.54) is 4.88 Å². The van der Waals surface area contributed by atoms with Crippen LogP contribution in [0.15, 0.2) is 48.6 Å². The summed E-state index contributed by atoms with van der Waals surface area (Å²) in [5.41, 5.74) is 1.06. The Morgan fingerprint density at radius 2 is 2.15 bits per heavy atom. The maximum atomic E-state index is 4.33. The van der Waals surface area contributed by atoms with E-state index < -0.39 is 0 Å². The Hall–Kier alpha value is -2.21. The number of anilines is 1. The van der Waals surface area contributed by atoms with Gasteiger partial charge in [0.2, 0.25) is 5.95 Å². The fourth-order valence-corrected chi connectivity index (χ4v) is 2.57. The summed E-state index contributed by atoms with van der Waals surface area (Å²) in [5.74, 6) is 0.677. The van der Waals surface area contributed by atoms with Crippen LogP contribution in [-0.2, 0) is 6.54 Å². The van der Waals surface area contributed by atoms with Crippen LogP contribution in [0.1, 0.15) is 6.42 Å². The van der Waals surface area contributed by atoms with Gasteiger partial charge in [-0.1, -0.05) is 6.07 Å². The molecule has 0 aliphatic rings. The zero-order chi connectivity index (χ0) is 13.6. The van der Waals surface area contributed by atoms with Crippen molar-refractivity contribution < 1.29 is 0 Å². The van der Waals surface area contributed by atoms with Gasteiger partial charge >= 0.3 is 0 Å². The van der Waals surface area contributed by atoms with E-state index in [1.54, 1.807) is 17.5 Å². The average Bonchev–Trinajstić information content (AvgIpc) is 3.17. The van der Waals surface area contributed by atoms with Crippen molar-refractivity contribution in [3.05, 3.63) is 48.6 Å². The number of aryl methyl sites for hydroxylation is 1. The molecule has 0 aliphatic heterocycles. The molecule has 0 radical (unpaired) electrons. The number of thiophene rings is 1. The molecule has 3 aromatic heterocycles. The average molecular weight is 285 g/mol. The van der Waals surface area contributed by atoms with Gasteiger partial charge in [0.05, 0.1) is 6.33 Å². The second-order valence-corrected chi connectivity index (χ2v) is 5.30. The van der Waals surface area contributed by atoms with Gasteiger partial charge in [0.1, 0.15) is 0 Å². The van der Waals surface area contributed by atoms with Gasteiger partial charge < -0.3 is 9.88 Å². The molecule has 1 N–H and O–H groups in total. The second-order valence-electron chi connectivity index (χ2n) is 4.35. The minimum atomic E-state index is 0.677. The van der Waals surface area contributed by atoms with Crippen LogP contribution in [0.3, 0.4) is 0 Å². The number of nitrogens with zero attached hydrogens (tertiary/aromatic N) is 4. The molecule has 0 fully saturated rings. The predicted molar refractivity (Wildman–Crippen MR) is 80.7 cm³/mol. The van der Waals surface area contributed by atoms with E-state index in [4.69, 9.17) is 0 Å². The molecule has 0 unspecified atom stereocenters. The third-order valence-corrected chi connectivity index (χ3v) is 3.81. The summed E-state index contributed by atoms with van der Waals surface area (Å²) >= 11 is 1.69. The lowest BCUT2D eigenvalue weighted by Crippen LogP contribution is -2.08. The molecular formula is C14H15N5S. The fraction of sp³-hybridized carbons (Fsp3) is 0.214. The molecule has 0 bridgehead atoms. The maximum absolute atomic E-state index is 4.33. The molecule has 0 amide bonds. The summed E-state index contributed by atoms with van der Waals surface area (Å²) in [6.45, 7) is 1.79. The zero-order valence-electron chi connectivity index (χ0n) is 10.9. The first kappa shape index (κ1) is 12.8. The van der Waals surface area contributed by atoms with Crippen molar-refractivity contribution in [2.45, 2.75) is 13.0 Å². The Balaban J connectivity index is 1.48. The van der Waals surface area contributed by atoms with E-state index in [0.717, 1.165) is 25.1 Å². The lowest BCUT2D eigenvalue weighted by Gasteiger charge is -2.05. The van der Waals surface area contributed by atoms with Crippen molar-refractivity contribution >= 4 is 17.3 Å². The van der Waals surface area contributed by atoms with Crippen LogP contribution in [0.5, 0.6) is 0 Å². The lowest BCUT2D eigenvalue weighted by molar-refractivity contribution is 0.659. The number of aromatic nitrogens is 4. The Morgan fingerprint density at radius 1 is 1.25 bits per heavy atom. The molecule has 3 rings (SSSR count).